The molecule has 0 saturated carbocycles. The Kier molecular flexibility index (Phi) is 6.14. The summed E-state index contributed by atoms with van der Waals surface area (Å²) in [6.07, 6.45) is 0. The van der Waals surface area contributed by atoms with Crippen molar-refractivity contribution >= 4 is 28.6 Å². The Hall–Kier alpha value is -2.37. The van der Waals surface area contributed by atoms with Crippen LogP contribution in [-0.2, 0) is 22.6 Å². The lowest BCUT2D eigenvalue weighted by molar-refractivity contribution is -0.145. The number of hydrogen-bond acceptors (Lipinski definition) is 4. The number of fused-ring (bicyclic) bond motifs is 1. The number of ether oxygens (including phenoxy) is 1. The van der Waals surface area contributed by atoms with Crippen molar-refractivity contribution < 1.29 is 9.53 Å². The number of hydrogen-bond donors (Lipinski definition) is 0. The van der Waals surface area contributed by atoms with Crippen LogP contribution >= 0.6 is 11.6 Å². The van der Waals surface area contributed by atoms with E-state index in [-0.39, 0.29) is 11.9 Å². The minimum atomic E-state index is -0.202. The maximum Gasteiger partial charge on any atom is 0.309 e. The number of rotatable bonds is 7. The second kappa shape index (κ2) is 8.55. The zero-order valence-corrected chi connectivity index (χ0v) is 16.6. The van der Waals surface area contributed by atoms with Crippen LogP contribution in [0.2, 0.25) is 5.02 Å². The lowest BCUT2D eigenvalue weighted by atomic mass is 10.2. The summed E-state index contributed by atoms with van der Waals surface area (Å²) >= 11 is 6.15. The Morgan fingerprint density at radius 2 is 2.00 bits per heavy atom. The molecule has 0 spiro atoms. The average molecular weight is 386 g/mol. The van der Waals surface area contributed by atoms with Crippen molar-refractivity contribution in [3.63, 3.8) is 0 Å². The minimum absolute atomic E-state index is 0.193. The topological polar surface area (TPSA) is 47.4 Å². The first-order valence-electron chi connectivity index (χ1n) is 8.93. The highest BCUT2D eigenvalue weighted by Gasteiger charge is 2.18. The largest absolute Gasteiger partial charge is 0.469 e. The highest BCUT2D eigenvalue weighted by Crippen LogP contribution is 2.23. The van der Waals surface area contributed by atoms with E-state index in [2.05, 4.69) is 21.6 Å². The summed E-state index contributed by atoms with van der Waals surface area (Å²) in [7, 11) is 3.40. The van der Waals surface area contributed by atoms with Crippen LogP contribution in [0.15, 0.2) is 48.5 Å². The van der Waals surface area contributed by atoms with Crippen LogP contribution in [0.3, 0.4) is 0 Å². The van der Waals surface area contributed by atoms with Crippen molar-refractivity contribution in [2.75, 3.05) is 20.7 Å². The molecule has 0 aliphatic rings. The molecule has 5 nitrogen and oxygen atoms in total. The van der Waals surface area contributed by atoms with E-state index in [1.54, 1.807) is 0 Å². The van der Waals surface area contributed by atoms with E-state index in [9.17, 15) is 4.79 Å². The molecule has 0 amide bonds. The van der Waals surface area contributed by atoms with E-state index in [1.165, 1.54) is 12.7 Å². The molecule has 0 bridgehead atoms. The highest BCUT2D eigenvalue weighted by atomic mass is 35.5. The highest BCUT2D eigenvalue weighted by molar-refractivity contribution is 6.31. The second-order valence-corrected chi connectivity index (χ2v) is 7.29. The minimum Gasteiger partial charge on any atom is -0.469 e. The van der Waals surface area contributed by atoms with E-state index >= 15 is 0 Å². The van der Waals surface area contributed by atoms with Crippen molar-refractivity contribution in [1.29, 1.82) is 0 Å². The molecule has 0 radical (unpaired) electrons. The van der Waals surface area contributed by atoms with Gasteiger partial charge in [-0.15, -0.1) is 0 Å². The molecule has 0 fully saturated rings. The van der Waals surface area contributed by atoms with Gasteiger partial charge in [-0.25, -0.2) is 4.98 Å². The summed E-state index contributed by atoms with van der Waals surface area (Å²) < 4.78 is 7.03. The standard InChI is InChI=1S/C21H24ClN3O2/c1-15(21(26)27-3)12-24(2)14-20-23-18-11-17(22)9-10-19(18)25(20)13-16-7-5-4-6-8-16/h4-11,15H,12-14H2,1-3H3. The number of imidazole rings is 1. The number of benzene rings is 2. The maximum atomic E-state index is 11.7. The normalized spacial score (nSPS) is 12.5. The molecule has 142 valence electrons. The lowest BCUT2D eigenvalue weighted by Gasteiger charge is -2.20. The molecule has 0 aliphatic heterocycles. The van der Waals surface area contributed by atoms with E-state index in [0.29, 0.717) is 18.1 Å². The summed E-state index contributed by atoms with van der Waals surface area (Å²) in [5, 5.41) is 0.672. The van der Waals surface area contributed by atoms with Gasteiger partial charge < -0.3 is 9.30 Å². The molecule has 3 aromatic rings. The molecule has 0 saturated heterocycles. The molecule has 6 heteroatoms. The van der Waals surface area contributed by atoms with Crippen LogP contribution in [0.5, 0.6) is 0 Å². The first kappa shape index (κ1) is 19.4. The van der Waals surface area contributed by atoms with E-state index in [0.717, 1.165) is 23.4 Å². The first-order valence-corrected chi connectivity index (χ1v) is 9.30. The van der Waals surface area contributed by atoms with Crippen molar-refractivity contribution in [3.8, 4) is 0 Å². The van der Waals surface area contributed by atoms with Crippen LogP contribution in [0.1, 0.15) is 18.3 Å². The third-order valence-electron chi connectivity index (χ3n) is 4.57. The summed E-state index contributed by atoms with van der Waals surface area (Å²) in [5.41, 5.74) is 3.13. The molecule has 3 rings (SSSR count). The Labute approximate surface area is 164 Å². The van der Waals surface area contributed by atoms with E-state index in [4.69, 9.17) is 21.3 Å². The van der Waals surface area contributed by atoms with Crippen LogP contribution in [0, 0.1) is 5.92 Å². The fourth-order valence-corrected chi connectivity index (χ4v) is 3.43. The van der Waals surface area contributed by atoms with Crippen LogP contribution in [-0.4, -0.2) is 41.1 Å². The van der Waals surface area contributed by atoms with Gasteiger partial charge in [-0.3, -0.25) is 9.69 Å². The monoisotopic (exact) mass is 385 g/mol. The first-order chi connectivity index (χ1) is 13.0. The molecule has 0 N–H and O–H groups in total. The molecule has 1 unspecified atom stereocenters. The van der Waals surface area contributed by atoms with Gasteiger partial charge in [0.1, 0.15) is 5.82 Å². The molecule has 1 aromatic heterocycles. The Morgan fingerprint density at radius 1 is 1.26 bits per heavy atom. The molecular formula is C21H24ClN3O2. The van der Waals surface area contributed by atoms with Gasteiger partial charge in [-0.05, 0) is 30.8 Å². The summed E-state index contributed by atoms with van der Waals surface area (Å²) in [6, 6.07) is 16.1. The third-order valence-corrected chi connectivity index (χ3v) is 4.81. The molecule has 2 aromatic carbocycles. The zero-order valence-electron chi connectivity index (χ0n) is 15.9. The number of nitrogens with zero attached hydrogens (tertiary/aromatic N) is 3. The Bertz CT molecular complexity index is 924. The van der Waals surface area contributed by atoms with Crippen LogP contribution in [0.25, 0.3) is 11.0 Å². The Balaban J connectivity index is 1.89. The number of esters is 1. The van der Waals surface area contributed by atoms with Gasteiger partial charge >= 0.3 is 5.97 Å². The van der Waals surface area contributed by atoms with Gasteiger partial charge in [0.15, 0.2) is 0 Å². The van der Waals surface area contributed by atoms with Crippen molar-refractivity contribution in [3.05, 3.63) is 64.9 Å². The van der Waals surface area contributed by atoms with Crippen LogP contribution in [0.4, 0.5) is 0 Å². The number of methoxy groups -OCH3 is 1. The SMILES string of the molecule is COC(=O)C(C)CN(C)Cc1nc2cc(Cl)ccc2n1Cc1ccccc1. The summed E-state index contributed by atoms with van der Waals surface area (Å²) in [5.74, 6) is 0.545. The van der Waals surface area contributed by atoms with Gasteiger partial charge in [0.25, 0.3) is 0 Å². The van der Waals surface area contributed by atoms with Gasteiger partial charge in [0.05, 0.1) is 30.6 Å². The van der Waals surface area contributed by atoms with Gasteiger partial charge in [0.2, 0.25) is 0 Å². The fourth-order valence-electron chi connectivity index (χ4n) is 3.27. The molecule has 27 heavy (non-hydrogen) atoms. The maximum absolute atomic E-state index is 11.7. The van der Waals surface area contributed by atoms with E-state index in [1.807, 2.05) is 50.4 Å². The fraction of sp³-hybridized carbons (Fsp3) is 0.333. The third kappa shape index (κ3) is 4.67. The van der Waals surface area contributed by atoms with Crippen LogP contribution < -0.4 is 0 Å². The quantitative estimate of drug-likeness (QED) is 0.577. The smallest absolute Gasteiger partial charge is 0.309 e. The number of carbonyl (C=O) groups excluding carboxylic acids is 1. The van der Waals surface area contributed by atoms with Crippen molar-refractivity contribution in [2.24, 2.45) is 5.92 Å². The molecular weight excluding hydrogens is 362 g/mol. The predicted octanol–water partition coefficient (Wildman–Crippen LogP) is 3.98. The van der Waals surface area contributed by atoms with Gasteiger partial charge in [-0.1, -0.05) is 48.9 Å². The van der Waals surface area contributed by atoms with Crippen molar-refractivity contribution in [1.82, 2.24) is 14.5 Å². The summed E-state index contributed by atoms with van der Waals surface area (Å²) in [6.45, 7) is 3.83. The summed E-state index contributed by atoms with van der Waals surface area (Å²) in [4.78, 5) is 18.6. The molecule has 1 heterocycles. The lowest BCUT2D eigenvalue weighted by Crippen LogP contribution is -2.30. The number of carbonyl (C=O) groups is 1. The number of halogens is 1. The molecule has 1 atom stereocenters. The molecule has 0 aliphatic carbocycles. The average Bonchev–Trinajstić information content (AvgIpc) is 2.97. The zero-order chi connectivity index (χ0) is 19.4. The van der Waals surface area contributed by atoms with Gasteiger partial charge in [0, 0.05) is 18.1 Å². The van der Waals surface area contributed by atoms with Gasteiger partial charge in [-0.2, -0.15) is 0 Å². The predicted molar refractivity (Wildman–Crippen MR) is 108 cm³/mol. The van der Waals surface area contributed by atoms with E-state index < -0.39 is 0 Å². The second-order valence-electron chi connectivity index (χ2n) is 6.85. The van der Waals surface area contributed by atoms with Crippen molar-refractivity contribution in [2.45, 2.75) is 20.0 Å². The number of aromatic nitrogens is 2. The Morgan fingerprint density at radius 3 is 2.70 bits per heavy atom.